The Labute approximate surface area is 115 Å². The van der Waals surface area contributed by atoms with Gasteiger partial charge >= 0.3 is 0 Å². The Bertz CT molecular complexity index is 484. The molecule has 0 saturated heterocycles. The smallest absolute Gasteiger partial charge is 0.122 e. The first kappa shape index (κ1) is 13.9. The maximum absolute atomic E-state index is 9.03. The van der Waals surface area contributed by atoms with E-state index in [1.807, 2.05) is 6.07 Å². The van der Waals surface area contributed by atoms with E-state index in [0.717, 1.165) is 31.7 Å². The Morgan fingerprint density at radius 1 is 1.42 bits per heavy atom. The van der Waals surface area contributed by atoms with Gasteiger partial charge in [0.05, 0.1) is 18.6 Å². The van der Waals surface area contributed by atoms with Crippen LogP contribution in [0.5, 0.6) is 5.75 Å². The number of benzene rings is 1. The van der Waals surface area contributed by atoms with Crippen LogP contribution in [0.3, 0.4) is 0 Å². The fourth-order valence-corrected chi connectivity index (χ4v) is 2.27. The molecular formula is C16H22N2O. The van der Waals surface area contributed by atoms with Gasteiger partial charge in [-0.15, -0.1) is 0 Å². The second kappa shape index (κ2) is 5.63. The highest BCUT2D eigenvalue weighted by atomic mass is 16.5. The minimum Gasteiger partial charge on any atom is -0.496 e. The van der Waals surface area contributed by atoms with E-state index in [4.69, 9.17) is 10.00 Å². The lowest BCUT2D eigenvalue weighted by Crippen LogP contribution is -2.22. The molecule has 0 amide bonds. The molecule has 19 heavy (non-hydrogen) atoms. The molecule has 1 aromatic rings. The van der Waals surface area contributed by atoms with Crippen LogP contribution in [-0.4, -0.2) is 13.7 Å². The summed E-state index contributed by atoms with van der Waals surface area (Å²) < 4.78 is 5.38. The van der Waals surface area contributed by atoms with Gasteiger partial charge in [-0.3, -0.25) is 0 Å². The summed E-state index contributed by atoms with van der Waals surface area (Å²) in [5, 5.41) is 12.4. The van der Waals surface area contributed by atoms with Crippen molar-refractivity contribution < 1.29 is 4.74 Å². The predicted octanol–water partition coefficient (Wildman–Crippen LogP) is 3.21. The van der Waals surface area contributed by atoms with E-state index in [1.54, 1.807) is 7.11 Å². The zero-order valence-corrected chi connectivity index (χ0v) is 12.0. The SMILES string of the molecule is COc1ccc(CNCC2(C#N)CC2)cc1C(C)C. The maximum Gasteiger partial charge on any atom is 0.122 e. The minimum atomic E-state index is -0.0760. The molecular weight excluding hydrogens is 236 g/mol. The molecule has 3 heteroatoms. The van der Waals surface area contributed by atoms with Gasteiger partial charge in [-0.05, 0) is 36.0 Å². The minimum absolute atomic E-state index is 0.0760. The fraction of sp³-hybridized carbons (Fsp3) is 0.562. The lowest BCUT2D eigenvalue weighted by molar-refractivity contribution is 0.407. The highest BCUT2D eigenvalue weighted by molar-refractivity contribution is 5.39. The third-order valence-corrected chi connectivity index (χ3v) is 3.80. The van der Waals surface area contributed by atoms with Crippen molar-refractivity contribution in [3.63, 3.8) is 0 Å². The van der Waals surface area contributed by atoms with E-state index in [1.165, 1.54) is 11.1 Å². The normalized spacial score (nSPS) is 16.2. The van der Waals surface area contributed by atoms with Crippen LogP contribution in [0, 0.1) is 16.7 Å². The standard InChI is InChI=1S/C16H22N2O/c1-12(2)14-8-13(4-5-15(14)19-3)9-18-11-16(10-17)6-7-16/h4-5,8,12,18H,6-7,9,11H2,1-3H3. The van der Waals surface area contributed by atoms with Gasteiger partial charge in [-0.1, -0.05) is 26.0 Å². The van der Waals surface area contributed by atoms with Gasteiger partial charge in [0.15, 0.2) is 0 Å². The lowest BCUT2D eigenvalue weighted by Gasteiger charge is -2.14. The highest BCUT2D eigenvalue weighted by Crippen LogP contribution is 2.44. The molecule has 0 bridgehead atoms. The molecule has 0 radical (unpaired) electrons. The molecule has 0 heterocycles. The number of nitriles is 1. The van der Waals surface area contributed by atoms with Crippen LogP contribution >= 0.6 is 0 Å². The van der Waals surface area contributed by atoms with E-state index < -0.39 is 0 Å². The molecule has 2 rings (SSSR count). The number of ether oxygens (including phenoxy) is 1. The zero-order valence-electron chi connectivity index (χ0n) is 12.0. The van der Waals surface area contributed by atoms with Crippen LogP contribution in [0.2, 0.25) is 0 Å². The van der Waals surface area contributed by atoms with Gasteiger partial charge in [0, 0.05) is 13.1 Å². The van der Waals surface area contributed by atoms with E-state index in [2.05, 4.69) is 37.4 Å². The van der Waals surface area contributed by atoms with Gasteiger partial charge in [-0.2, -0.15) is 5.26 Å². The molecule has 0 atom stereocenters. The lowest BCUT2D eigenvalue weighted by atomic mass is 9.99. The van der Waals surface area contributed by atoms with Gasteiger partial charge < -0.3 is 10.1 Å². The number of nitrogens with zero attached hydrogens (tertiary/aromatic N) is 1. The molecule has 0 spiro atoms. The molecule has 0 unspecified atom stereocenters. The average molecular weight is 258 g/mol. The third kappa shape index (κ3) is 3.27. The summed E-state index contributed by atoms with van der Waals surface area (Å²) in [7, 11) is 1.71. The Hall–Kier alpha value is -1.53. The molecule has 1 fully saturated rings. The summed E-state index contributed by atoms with van der Waals surface area (Å²) in [6.45, 7) is 5.95. The Morgan fingerprint density at radius 2 is 2.16 bits per heavy atom. The molecule has 0 aliphatic heterocycles. The highest BCUT2D eigenvalue weighted by Gasteiger charge is 2.42. The summed E-state index contributed by atoms with van der Waals surface area (Å²) in [6.07, 6.45) is 2.08. The molecule has 1 aliphatic rings. The van der Waals surface area contributed by atoms with Crippen molar-refractivity contribution in [2.45, 2.75) is 39.2 Å². The molecule has 102 valence electrons. The summed E-state index contributed by atoms with van der Waals surface area (Å²) >= 11 is 0. The Kier molecular flexibility index (Phi) is 4.11. The molecule has 1 saturated carbocycles. The van der Waals surface area contributed by atoms with Crippen LogP contribution in [0.4, 0.5) is 0 Å². The molecule has 0 aromatic heterocycles. The quantitative estimate of drug-likeness (QED) is 0.852. The van der Waals surface area contributed by atoms with E-state index in [9.17, 15) is 0 Å². The number of methoxy groups -OCH3 is 1. The summed E-state index contributed by atoms with van der Waals surface area (Å²) in [5.74, 6) is 1.40. The van der Waals surface area contributed by atoms with Gasteiger partial charge in [-0.25, -0.2) is 0 Å². The number of hydrogen-bond donors (Lipinski definition) is 1. The monoisotopic (exact) mass is 258 g/mol. The van der Waals surface area contributed by atoms with Crippen LogP contribution in [0.25, 0.3) is 0 Å². The number of hydrogen-bond acceptors (Lipinski definition) is 3. The second-order valence-corrected chi connectivity index (χ2v) is 5.73. The second-order valence-electron chi connectivity index (χ2n) is 5.73. The molecule has 1 N–H and O–H groups in total. The van der Waals surface area contributed by atoms with Crippen molar-refractivity contribution in [2.24, 2.45) is 5.41 Å². The molecule has 1 aliphatic carbocycles. The van der Waals surface area contributed by atoms with E-state index in [0.29, 0.717) is 5.92 Å². The van der Waals surface area contributed by atoms with Crippen LogP contribution in [0.15, 0.2) is 18.2 Å². The van der Waals surface area contributed by atoms with Crippen LogP contribution < -0.4 is 10.1 Å². The largest absolute Gasteiger partial charge is 0.496 e. The first-order valence-electron chi connectivity index (χ1n) is 6.89. The first-order chi connectivity index (χ1) is 9.10. The maximum atomic E-state index is 9.03. The zero-order chi connectivity index (χ0) is 13.9. The fourth-order valence-electron chi connectivity index (χ4n) is 2.27. The predicted molar refractivity (Wildman–Crippen MR) is 76.1 cm³/mol. The van der Waals surface area contributed by atoms with Crippen molar-refractivity contribution in [3.8, 4) is 11.8 Å². The van der Waals surface area contributed by atoms with Crippen molar-refractivity contribution in [3.05, 3.63) is 29.3 Å². The summed E-state index contributed by atoms with van der Waals surface area (Å²) in [6, 6.07) is 8.72. The number of rotatable bonds is 6. The van der Waals surface area contributed by atoms with Crippen molar-refractivity contribution >= 4 is 0 Å². The number of nitrogens with one attached hydrogen (secondary N) is 1. The Morgan fingerprint density at radius 3 is 2.68 bits per heavy atom. The summed E-state index contributed by atoms with van der Waals surface area (Å²) in [4.78, 5) is 0. The van der Waals surface area contributed by atoms with Gasteiger partial charge in [0.1, 0.15) is 5.75 Å². The van der Waals surface area contributed by atoms with Gasteiger partial charge in [0.2, 0.25) is 0 Å². The summed E-state index contributed by atoms with van der Waals surface area (Å²) in [5.41, 5.74) is 2.41. The first-order valence-corrected chi connectivity index (χ1v) is 6.89. The molecule has 3 nitrogen and oxygen atoms in total. The topological polar surface area (TPSA) is 45.0 Å². The third-order valence-electron chi connectivity index (χ3n) is 3.80. The van der Waals surface area contributed by atoms with Crippen LogP contribution in [-0.2, 0) is 6.54 Å². The van der Waals surface area contributed by atoms with Crippen LogP contribution in [0.1, 0.15) is 43.7 Å². The average Bonchev–Trinajstić information content (AvgIpc) is 3.19. The van der Waals surface area contributed by atoms with E-state index in [-0.39, 0.29) is 5.41 Å². The molecule has 1 aromatic carbocycles. The van der Waals surface area contributed by atoms with Crippen molar-refractivity contribution in [2.75, 3.05) is 13.7 Å². The Balaban J connectivity index is 1.97. The van der Waals surface area contributed by atoms with Gasteiger partial charge in [0.25, 0.3) is 0 Å². The van der Waals surface area contributed by atoms with Crippen molar-refractivity contribution in [1.82, 2.24) is 5.32 Å². The van der Waals surface area contributed by atoms with E-state index >= 15 is 0 Å². The van der Waals surface area contributed by atoms with Crippen molar-refractivity contribution in [1.29, 1.82) is 5.26 Å².